The fourth-order valence-corrected chi connectivity index (χ4v) is 2.57. The second-order valence-corrected chi connectivity index (χ2v) is 4.91. The van der Waals surface area contributed by atoms with Crippen molar-refractivity contribution in [1.82, 2.24) is 5.32 Å². The first-order valence-electron chi connectivity index (χ1n) is 6.79. The van der Waals surface area contributed by atoms with E-state index in [0.717, 1.165) is 0 Å². The van der Waals surface area contributed by atoms with Crippen molar-refractivity contribution in [3.63, 3.8) is 0 Å². The lowest BCUT2D eigenvalue weighted by molar-refractivity contribution is -0.153. The van der Waals surface area contributed by atoms with E-state index < -0.39 is 17.6 Å². The van der Waals surface area contributed by atoms with Gasteiger partial charge in [0, 0.05) is 12.7 Å². The lowest BCUT2D eigenvalue weighted by atomic mass is 9.82. The van der Waals surface area contributed by atoms with Crippen LogP contribution in [-0.2, 0) is 14.3 Å². The summed E-state index contributed by atoms with van der Waals surface area (Å²) >= 11 is 0. The van der Waals surface area contributed by atoms with Crippen molar-refractivity contribution in [2.75, 3.05) is 14.2 Å². The van der Waals surface area contributed by atoms with Crippen molar-refractivity contribution in [3.05, 3.63) is 48.0 Å². The first-order chi connectivity index (χ1) is 10.1. The Balaban J connectivity index is 2.31. The Morgan fingerprint density at radius 3 is 2.57 bits per heavy atom. The highest BCUT2D eigenvalue weighted by Crippen LogP contribution is 2.28. The molecule has 112 valence electrons. The average molecular weight is 289 g/mol. The number of methoxy groups -OCH3 is 2. The molecular formula is C16H19NO4. The fourth-order valence-electron chi connectivity index (χ4n) is 2.57. The second-order valence-electron chi connectivity index (χ2n) is 4.91. The highest BCUT2D eigenvalue weighted by molar-refractivity contribution is 5.98. The smallest absolute Gasteiger partial charge is 0.334 e. The molecule has 21 heavy (non-hydrogen) atoms. The van der Waals surface area contributed by atoms with Gasteiger partial charge >= 0.3 is 5.97 Å². The largest absolute Gasteiger partial charge is 0.467 e. The minimum atomic E-state index is -1.19. The number of carbonyl (C=O) groups is 2. The normalized spacial score (nSPS) is 24.4. The zero-order valence-electron chi connectivity index (χ0n) is 12.2. The number of nitrogens with one attached hydrogen (secondary N) is 1. The maximum absolute atomic E-state index is 12.4. The molecule has 0 saturated heterocycles. The zero-order valence-corrected chi connectivity index (χ0v) is 12.2. The number of benzene rings is 1. The van der Waals surface area contributed by atoms with E-state index >= 15 is 0 Å². The monoisotopic (exact) mass is 289 g/mol. The van der Waals surface area contributed by atoms with E-state index in [1.165, 1.54) is 14.2 Å². The molecule has 2 rings (SSSR count). The first-order valence-corrected chi connectivity index (χ1v) is 6.79. The third-order valence-electron chi connectivity index (χ3n) is 3.68. The fraction of sp³-hybridized carbons (Fsp3) is 0.375. The van der Waals surface area contributed by atoms with Crippen LogP contribution in [0.2, 0.25) is 0 Å². The van der Waals surface area contributed by atoms with Crippen LogP contribution in [0.4, 0.5) is 0 Å². The minimum Gasteiger partial charge on any atom is -0.467 e. The predicted octanol–water partition coefficient (Wildman–Crippen LogP) is 1.69. The van der Waals surface area contributed by atoms with E-state index in [-0.39, 0.29) is 5.91 Å². The van der Waals surface area contributed by atoms with E-state index in [0.29, 0.717) is 18.4 Å². The molecule has 1 aromatic rings. The van der Waals surface area contributed by atoms with Gasteiger partial charge in [0.1, 0.15) is 6.10 Å². The summed E-state index contributed by atoms with van der Waals surface area (Å²) in [6.45, 7) is 0. The summed E-state index contributed by atoms with van der Waals surface area (Å²) in [5.74, 6) is -0.818. The molecule has 5 heteroatoms. The summed E-state index contributed by atoms with van der Waals surface area (Å²) in [5, 5.41) is 2.81. The molecule has 2 atom stereocenters. The van der Waals surface area contributed by atoms with Gasteiger partial charge in [-0.1, -0.05) is 30.4 Å². The molecule has 0 unspecified atom stereocenters. The summed E-state index contributed by atoms with van der Waals surface area (Å²) in [5.41, 5.74) is -0.698. The summed E-state index contributed by atoms with van der Waals surface area (Å²) in [6, 6.07) is 8.76. The molecule has 0 radical (unpaired) electrons. The third kappa shape index (κ3) is 2.97. The van der Waals surface area contributed by atoms with Crippen LogP contribution in [0.5, 0.6) is 0 Å². The molecule has 0 saturated carbocycles. The molecule has 0 spiro atoms. The molecule has 1 amide bonds. The summed E-state index contributed by atoms with van der Waals surface area (Å²) in [7, 11) is 2.82. The van der Waals surface area contributed by atoms with Crippen molar-refractivity contribution >= 4 is 11.9 Å². The lowest BCUT2D eigenvalue weighted by Gasteiger charge is -2.38. The van der Waals surface area contributed by atoms with Crippen molar-refractivity contribution < 1.29 is 19.1 Å². The van der Waals surface area contributed by atoms with Gasteiger partial charge in [0.15, 0.2) is 5.54 Å². The number of hydrogen-bond acceptors (Lipinski definition) is 4. The summed E-state index contributed by atoms with van der Waals surface area (Å²) < 4.78 is 10.3. The van der Waals surface area contributed by atoms with E-state index in [1.54, 1.807) is 30.3 Å². The molecule has 0 heterocycles. The molecule has 5 nitrogen and oxygen atoms in total. The zero-order chi connectivity index (χ0) is 15.3. The van der Waals surface area contributed by atoms with Crippen LogP contribution in [0.25, 0.3) is 0 Å². The highest BCUT2D eigenvalue weighted by atomic mass is 16.5. The average Bonchev–Trinajstić information content (AvgIpc) is 2.55. The number of esters is 1. The van der Waals surface area contributed by atoms with Crippen LogP contribution in [0.1, 0.15) is 23.2 Å². The quantitative estimate of drug-likeness (QED) is 0.677. The molecule has 0 fully saturated rings. The van der Waals surface area contributed by atoms with E-state index in [1.807, 2.05) is 12.1 Å². The van der Waals surface area contributed by atoms with Gasteiger partial charge in [-0.05, 0) is 25.0 Å². The van der Waals surface area contributed by atoms with Crippen molar-refractivity contribution in [1.29, 1.82) is 0 Å². The Morgan fingerprint density at radius 1 is 1.24 bits per heavy atom. The number of ether oxygens (including phenoxy) is 2. The molecule has 0 aliphatic heterocycles. The number of hydrogen-bond donors (Lipinski definition) is 1. The van der Waals surface area contributed by atoms with Crippen molar-refractivity contribution in [2.24, 2.45) is 0 Å². The van der Waals surface area contributed by atoms with E-state index in [9.17, 15) is 9.59 Å². The Kier molecular flexibility index (Phi) is 4.75. The van der Waals surface area contributed by atoms with Gasteiger partial charge in [0.2, 0.25) is 0 Å². The third-order valence-corrected chi connectivity index (χ3v) is 3.68. The summed E-state index contributed by atoms with van der Waals surface area (Å²) in [4.78, 5) is 24.7. The summed E-state index contributed by atoms with van der Waals surface area (Å²) in [6.07, 6.45) is 4.28. The predicted molar refractivity (Wildman–Crippen MR) is 77.8 cm³/mol. The van der Waals surface area contributed by atoms with Gasteiger partial charge in [0.05, 0.1) is 7.11 Å². The van der Waals surface area contributed by atoms with Gasteiger partial charge in [-0.2, -0.15) is 0 Å². The van der Waals surface area contributed by atoms with Crippen LogP contribution in [0, 0.1) is 0 Å². The Bertz CT molecular complexity index is 540. The first kappa shape index (κ1) is 15.3. The highest BCUT2D eigenvalue weighted by Gasteiger charge is 2.48. The van der Waals surface area contributed by atoms with Crippen LogP contribution < -0.4 is 5.32 Å². The van der Waals surface area contributed by atoms with Crippen LogP contribution in [0.15, 0.2) is 42.5 Å². The maximum Gasteiger partial charge on any atom is 0.334 e. The Hall–Kier alpha value is -2.14. The molecule has 1 N–H and O–H groups in total. The van der Waals surface area contributed by atoms with Gasteiger partial charge in [-0.15, -0.1) is 0 Å². The number of rotatable bonds is 4. The van der Waals surface area contributed by atoms with E-state index in [4.69, 9.17) is 9.47 Å². The van der Waals surface area contributed by atoms with Gasteiger partial charge in [0.25, 0.3) is 5.91 Å². The van der Waals surface area contributed by atoms with Crippen molar-refractivity contribution in [2.45, 2.75) is 24.5 Å². The molecular weight excluding hydrogens is 270 g/mol. The molecule has 1 aliphatic rings. The lowest BCUT2D eigenvalue weighted by Crippen LogP contribution is -2.63. The van der Waals surface area contributed by atoms with Crippen LogP contribution in [0.3, 0.4) is 0 Å². The molecule has 0 aromatic heterocycles. The van der Waals surface area contributed by atoms with Gasteiger partial charge in [-0.3, -0.25) is 4.79 Å². The minimum absolute atomic E-state index is 0.321. The number of allylic oxidation sites excluding steroid dienone is 1. The van der Waals surface area contributed by atoms with Crippen molar-refractivity contribution in [3.8, 4) is 0 Å². The maximum atomic E-state index is 12.4. The standard InChI is InChI=1S/C16H19NO4/c1-20-13-10-6-7-11-16(13,15(19)21-2)17-14(18)12-8-4-3-5-9-12/h3-6,8-10,13H,7,11H2,1-2H3,(H,17,18)/t13-,16+/m1/s1. The SMILES string of the molecule is COC(=O)[C@]1(NC(=O)c2ccccc2)CCC=C[C@H]1OC. The number of carbonyl (C=O) groups excluding carboxylic acids is 2. The Morgan fingerprint density at radius 2 is 1.95 bits per heavy atom. The number of amides is 1. The second kappa shape index (κ2) is 6.54. The molecule has 0 bridgehead atoms. The Labute approximate surface area is 123 Å². The van der Waals surface area contributed by atoms with E-state index in [2.05, 4.69) is 5.32 Å². The molecule has 1 aromatic carbocycles. The van der Waals surface area contributed by atoms with Crippen LogP contribution >= 0.6 is 0 Å². The van der Waals surface area contributed by atoms with Gasteiger partial charge in [-0.25, -0.2) is 4.79 Å². The van der Waals surface area contributed by atoms with Crippen LogP contribution in [-0.4, -0.2) is 37.7 Å². The molecule has 1 aliphatic carbocycles. The van der Waals surface area contributed by atoms with Gasteiger partial charge < -0.3 is 14.8 Å². The topological polar surface area (TPSA) is 64.6 Å².